The lowest BCUT2D eigenvalue weighted by Crippen LogP contribution is -2.43. The van der Waals surface area contributed by atoms with Crippen molar-refractivity contribution in [2.75, 3.05) is 19.6 Å². The van der Waals surface area contributed by atoms with E-state index in [9.17, 15) is 0 Å². The van der Waals surface area contributed by atoms with Crippen molar-refractivity contribution in [1.82, 2.24) is 10.6 Å². The van der Waals surface area contributed by atoms with Gasteiger partial charge in [-0.25, -0.2) is 0 Å². The summed E-state index contributed by atoms with van der Waals surface area (Å²) in [7, 11) is 0. The Kier molecular flexibility index (Phi) is 1.44. The monoisotopic (exact) mass is 126 g/mol. The summed E-state index contributed by atoms with van der Waals surface area (Å²) < 4.78 is 0. The predicted octanol–water partition coefficient (Wildman–Crippen LogP) is -0.0422. The summed E-state index contributed by atoms with van der Waals surface area (Å²) >= 11 is 0. The topological polar surface area (TPSA) is 24.1 Å². The van der Waals surface area contributed by atoms with Crippen LogP contribution in [0.1, 0.15) is 12.8 Å². The van der Waals surface area contributed by atoms with Gasteiger partial charge < -0.3 is 10.6 Å². The zero-order valence-electron chi connectivity index (χ0n) is 5.69. The quantitative estimate of drug-likeness (QED) is 0.476. The van der Waals surface area contributed by atoms with Crippen molar-refractivity contribution in [3.63, 3.8) is 0 Å². The standard InChI is InChI=1S/C7H14N2/c1-3-8-5-7-6(1)2-4-9-7/h6-9H,1-5H2/t6-,7?/m0/s1. The van der Waals surface area contributed by atoms with Gasteiger partial charge in [-0.2, -0.15) is 0 Å². The molecule has 0 radical (unpaired) electrons. The molecule has 2 heteroatoms. The number of nitrogens with one attached hydrogen (secondary N) is 2. The number of hydrogen-bond donors (Lipinski definition) is 2. The maximum absolute atomic E-state index is 3.50. The Morgan fingerprint density at radius 3 is 2.89 bits per heavy atom. The number of piperidine rings is 1. The van der Waals surface area contributed by atoms with E-state index in [4.69, 9.17) is 0 Å². The van der Waals surface area contributed by atoms with Gasteiger partial charge >= 0.3 is 0 Å². The van der Waals surface area contributed by atoms with Crippen molar-refractivity contribution in [1.29, 1.82) is 0 Å². The molecule has 2 heterocycles. The van der Waals surface area contributed by atoms with Crippen LogP contribution >= 0.6 is 0 Å². The van der Waals surface area contributed by atoms with Gasteiger partial charge in [-0.1, -0.05) is 0 Å². The first-order valence-electron chi connectivity index (χ1n) is 3.91. The van der Waals surface area contributed by atoms with Gasteiger partial charge in [-0.05, 0) is 31.8 Å². The second-order valence-electron chi connectivity index (χ2n) is 3.10. The van der Waals surface area contributed by atoms with E-state index in [1.54, 1.807) is 0 Å². The van der Waals surface area contributed by atoms with Crippen molar-refractivity contribution >= 4 is 0 Å². The molecule has 2 aliphatic rings. The molecule has 2 aliphatic heterocycles. The van der Waals surface area contributed by atoms with E-state index >= 15 is 0 Å². The van der Waals surface area contributed by atoms with E-state index in [0.29, 0.717) is 0 Å². The van der Waals surface area contributed by atoms with Crippen LogP contribution in [0.15, 0.2) is 0 Å². The van der Waals surface area contributed by atoms with E-state index in [-0.39, 0.29) is 0 Å². The van der Waals surface area contributed by atoms with Crippen molar-refractivity contribution in [3.8, 4) is 0 Å². The predicted molar refractivity (Wildman–Crippen MR) is 37.4 cm³/mol. The molecule has 1 unspecified atom stereocenters. The molecule has 2 N–H and O–H groups in total. The van der Waals surface area contributed by atoms with Crippen molar-refractivity contribution < 1.29 is 0 Å². The van der Waals surface area contributed by atoms with Gasteiger partial charge in [0.15, 0.2) is 0 Å². The van der Waals surface area contributed by atoms with E-state index in [1.165, 1.54) is 32.5 Å². The van der Waals surface area contributed by atoms with Crippen LogP contribution in [0.25, 0.3) is 0 Å². The lowest BCUT2D eigenvalue weighted by Gasteiger charge is -2.25. The third-order valence-electron chi connectivity index (χ3n) is 2.55. The van der Waals surface area contributed by atoms with Crippen molar-refractivity contribution in [2.45, 2.75) is 18.9 Å². The second-order valence-corrected chi connectivity index (χ2v) is 3.10. The van der Waals surface area contributed by atoms with Crippen molar-refractivity contribution in [2.24, 2.45) is 5.92 Å². The minimum Gasteiger partial charge on any atom is -0.315 e. The lowest BCUT2D eigenvalue weighted by molar-refractivity contribution is 0.343. The molecule has 2 atom stereocenters. The Morgan fingerprint density at radius 2 is 2.00 bits per heavy atom. The third kappa shape index (κ3) is 0.970. The highest BCUT2D eigenvalue weighted by molar-refractivity contribution is 4.88. The van der Waals surface area contributed by atoms with Crippen LogP contribution in [-0.4, -0.2) is 25.7 Å². The first-order chi connectivity index (χ1) is 4.47. The molecule has 0 saturated carbocycles. The average molecular weight is 126 g/mol. The van der Waals surface area contributed by atoms with Crippen LogP contribution in [-0.2, 0) is 0 Å². The summed E-state index contributed by atoms with van der Waals surface area (Å²) in [6.07, 6.45) is 2.80. The van der Waals surface area contributed by atoms with Crippen LogP contribution in [0.2, 0.25) is 0 Å². The minimum atomic E-state index is 0.804. The number of hydrogen-bond acceptors (Lipinski definition) is 2. The Hall–Kier alpha value is -0.0800. The SMILES string of the molecule is C1C[C@H]2CCNC2CN1. The van der Waals surface area contributed by atoms with Crippen LogP contribution in [0.5, 0.6) is 0 Å². The van der Waals surface area contributed by atoms with Crippen LogP contribution in [0.4, 0.5) is 0 Å². The number of rotatable bonds is 0. The molecule has 0 aromatic carbocycles. The van der Waals surface area contributed by atoms with Gasteiger partial charge in [0.05, 0.1) is 0 Å². The summed E-state index contributed by atoms with van der Waals surface area (Å²) in [6, 6.07) is 0.804. The molecule has 52 valence electrons. The third-order valence-corrected chi connectivity index (χ3v) is 2.55. The zero-order chi connectivity index (χ0) is 6.10. The summed E-state index contributed by atoms with van der Waals surface area (Å²) in [5.74, 6) is 0.992. The van der Waals surface area contributed by atoms with Crippen molar-refractivity contribution in [3.05, 3.63) is 0 Å². The Balaban J connectivity index is 1.97. The molecule has 0 amide bonds. The van der Waals surface area contributed by atoms with E-state index in [2.05, 4.69) is 10.6 Å². The normalized spacial score (nSPS) is 42.7. The summed E-state index contributed by atoms with van der Waals surface area (Å²) in [6.45, 7) is 3.69. The molecule has 0 aromatic rings. The molecule has 9 heavy (non-hydrogen) atoms. The molecular formula is C7H14N2. The molecular weight excluding hydrogens is 112 g/mol. The van der Waals surface area contributed by atoms with Crippen LogP contribution in [0.3, 0.4) is 0 Å². The fourth-order valence-corrected chi connectivity index (χ4v) is 1.95. The summed E-state index contributed by atoms with van der Waals surface area (Å²) in [4.78, 5) is 0. The van der Waals surface area contributed by atoms with Gasteiger partial charge in [0.1, 0.15) is 0 Å². The molecule has 2 rings (SSSR count). The van der Waals surface area contributed by atoms with Gasteiger partial charge in [-0.15, -0.1) is 0 Å². The largest absolute Gasteiger partial charge is 0.315 e. The fraction of sp³-hybridized carbons (Fsp3) is 1.00. The number of fused-ring (bicyclic) bond motifs is 1. The Labute approximate surface area is 56.0 Å². The van der Waals surface area contributed by atoms with Crippen LogP contribution < -0.4 is 10.6 Å². The van der Waals surface area contributed by atoms with Gasteiger partial charge in [-0.3, -0.25) is 0 Å². The Bertz CT molecular complexity index is 91.1. The van der Waals surface area contributed by atoms with Gasteiger partial charge in [0.25, 0.3) is 0 Å². The first kappa shape index (κ1) is 5.69. The maximum Gasteiger partial charge on any atom is 0.0221 e. The molecule has 2 fully saturated rings. The van der Waals surface area contributed by atoms with Gasteiger partial charge in [0, 0.05) is 12.6 Å². The highest BCUT2D eigenvalue weighted by atomic mass is 15.0. The summed E-state index contributed by atoms with van der Waals surface area (Å²) in [5, 5.41) is 6.89. The molecule has 0 aliphatic carbocycles. The fourth-order valence-electron chi connectivity index (χ4n) is 1.95. The molecule has 2 nitrogen and oxygen atoms in total. The second kappa shape index (κ2) is 2.27. The molecule has 0 bridgehead atoms. The van der Waals surface area contributed by atoms with E-state index < -0.39 is 0 Å². The molecule has 2 saturated heterocycles. The molecule has 0 spiro atoms. The maximum atomic E-state index is 3.50. The first-order valence-corrected chi connectivity index (χ1v) is 3.91. The van der Waals surface area contributed by atoms with Gasteiger partial charge in [0.2, 0.25) is 0 Å². The average Bonchev–Trinajstić information content (AvgIpc) is 2.33. The Morgan fingerprint density at radius 1 is 1.11 bits per heavy atom. The van der Waals surface area contributed by atoms with E-state index in [1.807, 2.05) is 0 Å². The highest BCUT2D eigenvalue weighted by Gasteiger charge is 2.28. The molecule has 0 aromatic heterocycles. The lowest BCUT2D eigenvalue weighted by atomic mass is 9.94. The zero-order valence-corrected chi connectivity index (χ0v) is 5.69. The van der Waals surface area contributed by atoms with E-state index in [0.717, 1.165) is 12.0 Å². The minimum absolute atomic E-state index is 0.804. The van der Waals surface area contributed by atoms with Crippen LogP contribution in [0, 0.1) is 5.92 Å². The summed E-state index contributed by atoms with van der Waals surface area (Å²) in [5.41, 5.74) is 0. The smallest absolute Gasteiger partial charge is 0.0221 e. The highest BCUT2D eigenvalue weighted by Crippen LogP contribution is 2.20.